The van der Waals surface area contributed by atoms with E-state index in [1.54, 1.807) is 0 Å². The van der Waals surface area contributed by atoms with Gasteiger partial charge in [0.05, 0.1) is 0 Å². The van der Waals surface area contributed by atoms with Gasteiger partial charge in [0.25, 0.3) is 0 Å². The smallest absolute Gasteiger partial charge is 0.124 e. The van der Waals surface area contributed by atoms with Gasteiger partial charge in [0.1, 0.15) is 6.29 Å². The third kappa shape index (κ3) is 1.25. The van der Waals surface area contributed by atoms with Crippen LogP contribution in [0.25, 0.3) is 0 Å². The van der Waals surface area contributed by atoms with Gasteiger partial charge in [-0.25, -0.2) is 0 Å². The van der Waals surface area contributed by atoms with Gasteiger partial charge in [-0.2, -0.15) is 0 Å². The number of fused-ring (bicyclic) bond motifs is 1. The van der Waals surface area contributed by atoms with Gasteiger partial charge < -0.3 is 10.1 Å². The van der Waals surface area contributed by atoms with E-state index in [4.69, 9.17) is 0 Å². The molecule has 0 fully saturated rings. The summed E-state index contributed by atoms with van der Waals surface area (Å²) in [6, 6.07) is 6.25. The molecule has 1 aliphatic heterocycles. The molecule has 0 atom stereocenters. The van der Waals surface area contributed by atoms with E-state index in [1.807, 2.05) is 6.07 Å². The topological polar surface area (TPSA) is 29.1 Å². The fourth-order valence-corrected chi connectivity index (χ4v) is 1.57. The van der Waals surface area contributed by atoms with E-state index in [0.29, 0.717) is 6.42 Å². The minimum atomic E-state index is 0.535. The Kier molecular flexibility index (Phi) is 1.92. The predicted octanol–water partition coefficient (Wildman–Crippen LogP) is 1.03. The standard InChI is InChI=1S/C10H11NO/c12-4-3-8-1-2-9-6-11-7-10(9)5-8/h1-2,4-5,11H,3,6-7H2. The van der Waals surface area contributed by atoms with E-state index in [0.717, 1.165) is 24.9 Å². The van der Waals surface area contributed by atoms with Crippen LogP contribution in [0.5, 0.6) is 0 Å². The highest BCUT2D eigenvalue weighted by atomic mass is 16.1. The quantitative estimate of drug-likeness (QED) is 0.656. The molecular weight excluding hydrogens is 150 g/mol. The van der Waals surface area contributed by atoms with E-state index >= 15 is 0 Å². The SMILES string of the molecule is O=CCc1ccc2c(c1)CNC2. The molecule has 2 rings (SSSR count). The summed E-state index contributed by atoms with van der Waals surface area (Å²) in [5, 5.41) is 3.27. The fourth-order valence-electron chi connectivity index (χ4n) is 1.57. The van der Waals surface area contributed by atoms with Crippen LogP contribution in [0, 0.1) is 0 Å². The first kappa shape index (κ1) is 7.50. The molecule has 0 radical (unpaired) electrons. The Balaban J connectivity index is 2.32. The van der Waals surface area contributed by atoms with Crippen molar-refractivity contribution in [2.45, 2.75) is 19.5 Å². The summed E-state index contributed by atoms with van der Waals surface area (Å²) in [5.41, 5.74) is 3.83. The molecule has 0 saturated carbocycles. The molecule has 2 heteroatoms. The Bertz CT molecular complexity index is 307. The van der Waals surface area contributed by atoms with Crippen molar-refractivity contribution >= 4 is 6.29 Å². The molecule has 0 amide bonds. The van der Waals surface area contributed by atoms with E-state index in [-0.39, 0.29) is 0 Å². The van der Waals surface area contributed by atoms with Crippen molar-refractivity contribution in [2.24, 2.45) is 0 Å². The Morgan fingerprint density at radius 3 is 3.00 bits per heavy atom. The number of rotatable bonds is 2. The maximum Gasteiger partial charge on any atom is 0.124 e. The number of benzene rings is 1. The van der Waals surface area contributed by atoms with Gasteiger partial charge in [-0.15, -0.1) is 0 Å². The lowest BCUT2D eigenvalue weighted by atomic mass is 10.1. The summed E-state index contributed by atoms with van der Waals surface area (Å²) >= 11 is 0. The monoisotopic (exact) mass is 161 g/mol. The number of carbonyl (C=O) groups is 1. The summed E-state index contributed by atoms with van der Waals surface area (Å²) in [6.45, 7) is 1.92. The molecule has 12 heavy (non-hydrogen) atoms. The molecule has 0 bridgehead atoms. The Morgan fingerprint density at radius 1 is 1.33 bits per heavy atom. The zero-order valence-corrected chi connectivity index (χ0v) is 6.84. The lowest BCUT2D eigenvalue weighted by Gasteiger charge is -1.99. The fraction of sp³-hybridized carbons (Fsp3) is 0.300. The van der Waals surface area contributed by atoms with Gasteiger partial charge in [0.15, 0.2) is 0 Å². The van der Waals surface area contributed by atoms with Crippen LogP contribution in [-0.2, 0) is 24.3 Å². The minimum absolute atomic E-state index is 0.535. The molecule has 1 aromatic carbocycles. The molecule has 0 aliphatic carbocycles. The Hall–Kier alpha value is -1.15. The van der Waals surface area contributed by atoms with Crippen molar-refractivity contribution in [1.82, 2.24) is 5.32 Å². The second-order valence-electron chi connectivity index (χ2n) is 3.08. The second-order valence-corrected chi connectivity index (χ2v) is 3.08. The molecule has 1 aliphatic rings. The van der Waals surface area contributed by atoms with Gasteiger partial charge in [-0.1, -0.05) is 18.2 Å². The molecule has 0 unspecified atom stereocenters. The predicted molar refractivity (Wildman–Crippen MR) is 46.8 cm³/mol. The van der Waals surface area contributed by atoms with Crippen LogP contribution in [0.3, 0.4) is 0 Å². The highest BCUT2D eigenvalue weighted by molar-refractivity contribution is 5.55. The van der Waals surface area contributed by atoms with Crippen molar-refractivity contribution in [2.75, 3.05) is 0 Å². The maximum absolute atomic E-state index is 10.3. The van der Waals surface area contributed by atoms with Crippen molar-refractivity contribution in [1.29, 1.82) is 0 Å². The molecule has 0 spiro atoms. The zero-order chi connectivity index (χ0) is 8.39. The van der Waals surface area contributed by atoms with E-state index < -0.39 is 0 Å². The lowest BCUT2D eigenvalue weighted by Crippen LogP contribution is -1.99. The summed E-state index contributed by atoms with van der Waals surface area (Å²) in [6.07, 6.45) is 1.48. The summed E-state index contributed by atoms with van der Waals surface area (Å²) in [7, 11) is 0. The summed E-state index contributed by atoms with van der Waals surface area (Å²) in [5.74, 6) is 0. The zero-order valence-electron chi connectivity index (χ0n) is 6.84. The van der Waals surface area contributed by atoms with Crippen LogP contribution in [0.1, 0.15) is 16.7 Å². The lowest BCUT2D eigenvalue weighted by molar-refractivity contribution is -0.107. The number of hydrogen-bond acceptors (Lipinski definition) is 2. The van der Waals surface area contributed by atoms with Crippen molar-refractivity contribution in [3.63, 3.8) is 0 Å². The van der Waals surface area contributed by atoms with Crippen LogP contribution < -0.4 is 5.32 Å². The second kappa shape index (κ2) is 3.07. The number of nitrogens with one attached hydrogen (secondary N) is 1. The van der Waals surface area contributed by atoms with Gasteiger partial charge in [-0.3, -0.25) is 0 Å². The van der Waals surface area contributed by atoms with E-state index in [2.05, 4.69) is 17.4 Å². The molecule has 1 heterocycles. The van der Waals surface area contributed by atoms with Crippen molar-refractivity contribution in [3.05, 3.63) is 34.9 Å². The van der Waals surface area contributed by atoms with E-state index in [9.17, 15) is 4.79 Å². The number of hydrogen-bond donors (Lipinski definition) is 1. The van der Waals surface area contributed by atoms with E-state index in [1.165, 1.54) is 11.1 Å². The largest absolute Gasteiger partial charge is 0.309 e. The van der Waals surface area contributed by atoms with Crippen LogP contribution in [0.4, 0.5) is 0 Å². The first-order chi connectivity index (χ1) is 5.90. The van der Waals surface area contributed by atoms with Crippen LogP contribution in [0.15, 0.2) is 18.2 Å². The van der Waals surface area contributed by atoms with Crippen molar-refractivity contribution in [3.8, 4) is 0 Å². The molecule has 0 saturated heterocycles. The first-order valence-corrected chi connectivity index (χ1v) is 4.15. The van der Waals surface area contributed by atoms with Gasteiger partial charge >= 0.3 is 0 Å². The molecule has 0 aromatic heterocycles. The first-order valence-electron chi connectivity index (χ1n) is 4.15. The molecule has 1 aromatic rings. The maximum atomic E-state index is 10.3. The third-order valence-electron chi connectivity index (χ3n) is 2.22. The average molecular weight is 161 g/mol. The minimum Gasteiger partial charge on any atom is -0.309 e. The summed E-state index contributed by atoms with van der Waals surface area (Å²) in [4.78, 5) is 10.3. The normalized spacial score (nSPS) is 14.3. The molecule has 62 valence electrons. The third-order valence-corrected chi connectivity index (χ3v) is 2.22. The number of carbonyl (C=O) groups excluding carboxylic acids is 1. The van der Waals surface area contributed by atoms with Gasteiger partial charge in [0.2, 0.25) is 0 Å². The van der Waals surface area contributed by atoms with Crippen LogP contribution in [-0.4, -0.2) is 6.29 Å². The molecule has 1 N–H and O–H groups in total. The molecular formula is C10H11NO. The summed E-state index contributed by atoms with van der Waals surface area (Å²) < 4.78 is 0. The Morgan fingerprint density at radius 2 is 2.17 bits per heavy atom. The highest BCUT2D eigenvalue weighted by Crippen LogP contribution is 2.16. The Labute approximate surface area is 71.6 Å². The van der Waals surface area contributed by atoms with Crippen molar-refractivity contribution < 1.29 is 4.79 Å². The van der Waals surface area contributed by atoms with Crippen LogP contribution >= 0.6 is 0 Å². The van der Waals surface area contributed by atoms with Gasteiger partial charge in [0, 0.05) is 19.5 Å². The molecule has 2 nitrogen and oxygen atoms in total. The number of aldehydes is 1. The van der Waals surface area contributed by atoms with Crippen LogP contribution in [0.2, 0.25) is 0 Å². The highest BCUT2D eigenvalue weighted by Gasteiger charge is 2.09. The average Bonchev–Trinajstić information content (AvgIpc) is 2.51. The van der Waals surface area contributed by atoms with Gasteiger partial charge in [-0.05, 0) is 16.7 Å².